The Morgan fingerprint density at radius 2 is 1.78 bits per heavy atom. The van der Waals surface area contributed by atoms with Crippen molar-refractivity contribution in [3.63, 3.8) is 0 Å². The van der Waals surface area contributed by atoms with Crippen molar-refractivity contribution >= 4 is 5.95 Å². The first-order valence-electron chi connectivity index (χ1n) is 8.89. The number of hydrogen-bond donors (Lipinski definition) is 1. The van der Waals surface area contributed by atoms with E-state index in [9.17, 15) is 0 Å². The number of aromatic nitrogens is 4. The van der Waals surface area contributed by atoms with Gasteiger partial charge in [0.15, 0.2) is 0 Å². The average molecular weight is 359 g/mol. The number of nitrogens with one attached hydrogen (secondary N) is 1. The first-order chi connectivity index (χ1) is 13.2. The Kier molecular flexibility index (Phi) is 4.70. The second-order valence-corrected chi connectivity index (χ2v) is 6.55. The molecule has 0 radical (unpaired) electrons. The second kappa shape index (κ2) is 7.45. The van der Waals surface area contributed by atoms with Crippen LogP contribution in [0.2, 0.25) is 0 Å². The van der Waals surface area contributed by atoms with Gasteiger partial charge in [-0.1, -0.05) is 42.5 Å². The molecule has 2 heterocycles. The average Bonchev–Trinajstić information content (AvgIpc) is 3.27. The van der Waals surface area contributed by atoms with Crippen LogP contribution in [0, 0.1) is 13.8 Å². The molecule has 0 saturated carbocycles. The molecule has 0 aliphatic carbocycles. The molecule has 6 nitrogen and oxygen atoms in total. The Balaban J connectivity index is 1.42. The quantitative estimate of drug-likeness (QED) is 0.558. The van der Waals surface area contributed by atoms with Crippen LogP contribution >= 0.6 is 0 Å². The number of anilines is 1. The molecule has 27 heavy (non-hydrogen) atoms. The Bertz CT molecular complexity index is 1040. The van der Waals surface area contributed by atoms with Crippen LogP contribution in [-0.4, -0.2) is 19.9 Å². The molecule has 6 heteroatoms. The summed E-state index contributed by atoms with van der Waals surface area (Å²) >= 11 is 0. The van der Waals surface area contributed by atoms with Gasteiger partial charge in [0.25, 0.3) is 11.8 Å². The summed E-state index contributed by atoms with van der Waals surface area (Å²) in [4.78, 5) is 4.40. The number of hydrogen-bond acceptors (Lipinski definition) is 5. The maximum atomic E-state index is 5.32. The normalized spacial score (nSPS) is 10.9. The topological polar surface area (TPSA) is 68.8 Å². The van der Waals surface area contributed by atoms with E-state index in [1.807, 2.05) is 41.9 Å². The van der Waals surface area contributed by atoms with Crippen molar-refractivity contribution in [3.8, 4) is 11.5 Å². The van der Waals surface area contributed by atoms with Crippen LogP contribution in [0.25, 0.3) is 11.5 Å². The van der Waals surface area contributed by atoms with Gasteiger partial charge in [-0.25, -0.2) is 0 Å². The van der Waals surface area contributed by atoms with E-state index < -0.39 is 0 Å². The van der Waals surface area contributed by atoms with E-state index in [4.69, 9.17) is 4.52 Å². The largest absolute Gasteiger partial charge is 0.347 e. The van der Waals surface area contributed by atoms with Crippen LogP contribution in [0.1, 0.15) is 22.5 Å². The molecule has 0 fully saturated rings. The molecule has 1 N–H and O–H groups in total. The summed E-state index contributed by atoms with van der Waals surface area (Å²) in [6.45, 7) is 5.47. The van der Waals surface area contributed by atoms with Crippen molar-refractivity contribution in [3.05, 3.63) is 83.2 Å². The SMILES string of the molecule is Cc1cc(C)n(Cc2cccc(CNc3noc(-c4ccccc4)n3)c2)n1. The van der Waals surface area contributed by atoms with Gasteiger partial charge >= 0.3 is 0 Å². The molecule has 136 valence electrons. The van der Waals surface area contributed by atoms with Crippen molar-refractivity contribution in [1.29, 1.82) is 0 Å². The van der Waals surface area contributed by atoms with E-state index in [2.05, 4.69) is 57.8 Å². The van der Waals surface area contributed by atoms with E-state index in [1.165, 1.54) is 5.56 Å². The molecule has 0 bridgehead atoms. The molecule has 2 aromatic heterocycles. The summed E-state index contributed by atoms with van der Waals surface area (Å²) in [5.41, 5.74) is 5.47. The molecular formula is C21H21N5O. The first kappa shape index (κ1) is 17.0. The zero-order chi connectivity index (χ0) is 18.6. The zero-order valence-electron chi connectivity index (χ0n) is 15.4. The van der Waals surface area contributed by atoms with E-state index in [0.717, 1.165) is 29.1 Å². The van der Waals surface area contributed by atoms with Gasteiger partial charge in [-0.05, 0) is 48.3 Å². The van der Waals surface area contributed by atoms with Gasteiger partial charge in [0, 0.05) is 17.8 Å². The Morgan fingerprint density at radius 1 is 0.963 bits per heavy atom. The minimum absolute atomic E-state index is 0.484. The third kappa shape index (κ3) is 4.06. The second-order valence-electron chi connectivity index (χ2n) is 6.55. The molecule has 4 rings (SSSR count). The lowest BCUT2D eigenvalue weighted by molar-refractivity contribution is 0.432. The summed E-state index contributed by atoms with van der Waals surface area (Å²) in [6.07, 6.45) is 0. The standard InChI is InChI=1S/C21H21N5O/c1-15-11-16(2)26(24-15)14-18-8-6-7-17(12-18)13-22-21-23-20(27-25-21)19-9-4-3-5-10-19/h3-12H,13-14H2,1-2H3,(H,22,25). The fourth-order valence-corrected chi connectivity index (χ4v) is 3.02. The summed E-state index contributed by atoms with van der Waals surface area (Å²) in [6, 6.07) is 20.2. The van der Waals surface area contributed by atoms with Gasteiger partial charge < -0.3 is 9.84 Å². The van der Waals surface area contributed by atoms with Crippen LogP contribution in [0.3, 0.4) is 0 Å². The van der Waals surface area contributed by atoms with Gasteiger partial charge in [0.05, 0.1) is 12.2 Å². The highest BCUT2D eigenvalue weighted by atomic mass is 16.5. The molecule has 0 amide bonds. The molecular weight excluding hydrogens is 338 g/mol. The minimum atomic E-state index is 0.484. The lowest BCUT2D eigenvalue weighted by Crippen LogP contribution is -2.05. The monoisotopic (exact) mass is 359 g/mol. The van der Waals surface area contributed by atoms with E-state index in [0.29, 0.717) is 18.4 Å². The molecule has 0 atom stereocenters. The van der Waals surface area contributed by atoms with Crippen molar-refractivity contribution in [2.45, 2.75) is 26.9 Å². The summed E-state index contributed by atoms with van der Waals surface area (Å²) in [7, 11) is 0. The van der Waals surface area contributed by atoms with Crippen LogP contribution in [0.5, 0.6) is 0 Å². The van der Waals surface area contributed by atoms with E-state index in [-0.39, 0.29) is 0 Å². The summed E-state index contributed by atoms with van der Waals surface area (Å²) < 4.78 is 7.34. The predicted octanol–water partition coefficient (Wildman–Crippen LogP) is 4.21. The van der Waals surface area contributed by atoms with Gasteiger partial charge in [0.1, 0.15) is 0 Å². The van der Waals surface area contributed by atoms with Gasteiger partial charge in [-0.15, -0.1) is 0 Å². The van der Waals surface area contributed by atoms with Gasteiger partial charge in [0.2, 0.25) is 0 Å². The molecule has 0 spiro atoms. The number of benzene rings is 2. The molecule has 0 saturated heterocycles. The van der Waals surface area contributed by atoms with Gasteiger partial charge in [-0.2, -0.15) is 10.1 Å². The summed E-state index contributed by atoms with van der Waals surface area (Å²) in [5.74, 6) is 0.995. The number of rotatable bonds is 6. The van der Waals surface area contributed by atoms with Crippen molar-refractivity contribution in [2.24, 2.45) is 0 Å². The fourth-order valence-electron chi connectivity index (χ4n) is 3.02. The Hall–Kier alpha value is -3.41. The molecule has 0 unspecified atom stereocenters. The van der Waals surface area contributed by atoms with Crippen molar-refractivity contribution < 1.29 is 4.52 Å². The Morgan fingerprint density at radius 3 is 2.56 bits per heavy atom. The van der Waals surface area contributed by atoms with Crippen molar-refractivity contribution in [2.75, 3.05) is 5.32 Å². The molecule has 0 aliphatic rings. The number of nitrogens with zero attached hydrogens (tertiary/aromatic N) is 4. The predicted molar refractivity (Wildman–Crippen MR) is 104 cm³/mol. The van der Waals surface area contributed by atoms with Crippen LogP contribution in [-0.2, 0) is 13.1 Å². The van der Waals surface area contributed by atoms with Gasteiger partial charge in [-0.3, -0.25) is 4.68 Å². The third-order valence-corrected chi connectivity index (χ3v) is 4.32. The zero-order valence-corrected chi connectivity index (χ0v) is 15.4. The highest BCUT2D eigenvalue weighted by Crippen LogP contribution is 2.18. The van der Waals surface area contributed by atoms with Crippen LogP contribution in [0.4, 0.5) is 5.95 Å². The smallest absolute Gasteiger partial charge is 0.264 e. The highest BCUT2D eigenvalue weighted by Gasteiger charge is 2.08. The maximum Gasteiger partial charge on any atom is 0.264 e. The van der Waals surface area contributed by atoms with E-state index in [1.54, 1.807) is 0 Å². The molecule has 4 aromatic rings. The fraction of sp³-hybridized carbons (Fsp3) is 0.190. The number of aryl methyl sites for hydroxylation is 2. The highest BCUT2D eigenvalue weighted by molar-refractivity contribution is 5.53. The molecule has 2 aromatic carbocycles. The van der Waals surface area contributed by atoms with E-state index >= 15 is 0 Å². The Labute approximate surface area is 157 Å². The van der Waals surface area contributed by atoms with Crippen molar-refractivity contribution in [1.82, 2.24) is 19.9 Å². The molecule has 0 aliphatic heterocycles. The third-order valence-electron chi connectivity index (χ3n) is 4.32. The minimum Gasteiger partial charge on any atom is -0.347 e. The van der Waals surface area contributed by atoms with Crippen LogP contribution < -0.4 is 5.32 Å². The first-order valence-corrected chi connectivity index (χ1v) is 8.89. The lowest BCUT2D eigenvalue weighted by Gasteiger charge is -2.07. The maximum absolute atomic E-state index is 5.32. The summed E-state index contributed by atoms with van der Waals surface area (Å²) in [5, 5.41) is 11.7. The lowest BCUT2D eigenvalue weighted by atomic mass is 10.1. The van der Waals surface area contributed by atoms with Crippen LogP contribution in [0.15, 0.2) is 65.2 Å².